The number of benzene rings is 2. The first-order valence-corrected chi connectivity index (χ1v) is 10.4. The summed E-state index contributed by atoms with van der Waals surface area (Å²) < 4.78 is 2.23. The number of para-hydroxylation sites is 1. The number of aromatic nitrogens is 3. The maximum Gasteiger partial charge on any atom is 0.152 e. The molecule has 2 aromatic heterocycles. The minimum absolute atomic E-state index is 0.202. The Hall–Kier alpha value is -3.28. The summed E-state index contributed by atoms with van der Waals surface area (Å²) in [5.41, 5.74) is 10.6. The lowest BCUT2D eigenvalue weighted by Crippen LogP contribution is -2.06. The Bertz CT molecular complexity index is 1270. The Morgan fingerprint density at radius 3 is 2.83 bits per heavy atom. The lowest BCUT2D eigenvalue weighted by atomic mass is 10.1. The quantitative estimate of drug-likeness (QED) is 0.331. The van der Waals surface area contributed by atoms with Gasteiger partial charge in [0.25, 0.3) is 0 Å². The molecule has 0 saturated heterocycles. The number of unbranched alkanes of at least 4 members (excludes halogenated alkanes) is 1. The van der Waals surface area contributed by atoms with Gasteiger partial charge in [0.15, 0.2) is 5.82 Å². The molecule has 2 aromatic carbocycles. The second-order valence-electron chi connectivity index (χ2n) is 7.30. The standard InChI is InChI=1S/C23H23N5OS/c1-2-3-8-20-27-21-22(17-6-4-5-7-18(17)26-23(21)24)28(20)13-15-9-10-19(29)16(11-15)12-25-14-30/h4-7,9-11,29H,2-3,8,12-13H2,1H3,(H2,24,26). The number of nitrogens with two attached hydrogens (primary N) is 1. The zero-order chi connectivity index (χ0) is 21.1. The van der Waals surface area contributed by atoms with E-state index < -0.39 is 0 Å². The number of pyridine rings is 1. The van der Waals surface area contributed by atoms with Crippen molar-refractivity contribution in [1.82, 2.24) is 14.5 Å². The molecule has 6 nitrogen and oxygen atoms in total. The molecule has 0 aliphatic carbocycles. The molecular weight excluding hydrogens is 394 g/mol. The van der Waals surface area contributed by atoms with Crippen LogP contribution in [0.2, 0.25) is 0 Å². The fraction of sp³-hybridized carbons (Fsp3) is 0.261. The lowest BCUT2D eigenvalue weighted by Gasteiger charge is -2.12. The van der Waals surface area contributed by atoms with Crippen LogP contribution in [0, 0.1) is 0 Å². The molecule has 0 atom stereocenters. The second-order valence-corrected chi connectivity index (χ2v) is 7.48. The molecule has 30 heavy (non-hydrogen) atoms. The van der Waals surface area contributed by atoms with Crippen LogP contribution in [0.1, 0.15) is 36.7 Å². The topological polar surface area (TPSA) is 89.3 Å². The summed E-state index contributed by atoms with van der Waals surface area (Å²) in [7, 11) is 0. The summed E-state index contributed by atoms with van der Waals surface area (Å²) in [5.74, 6) is 1.64. The molecule has 0 bridgehead atoms. The van der Waals surface area contributed by atoms with Gasteiger partial charge in [0, 0.05) is 23.9 Å². The van der Waals surface area contributed by atoms with Gasteiger partial charge in [-0.2, -0.15) is 0 Å². The Morgan fingerprint density at radius 2 is 2.03 bits per heavy atom. The highest BCUT2D eigenvalue weighted by Crippen LogP contribution is 2.30. The van der Waals surface area contributed by atoms with Crippen LogP contribution in [0.25, 0.3) is 21.9 Å². The van der Waals surface area contributed by atoms with Crippen LogP contribution in [-0.4, -0.2) is 24.8 Å². The Morgan fingerprint density at radius 1 is 1.20 bits per heavy atom. The van der Waals surface area contributed by atoms with Crippen LogP contribution in [-0.2, 0) is 19.5 Å². The maximum atomic E-state index is 10.1. The summed E-state index contributed by atoms with van der Waals surface area (Å²) in [6.07, 6.45) is 2.98. The van der Waals surface area contributed by atoms with Crippen molar-refractivity contribution in [2.24, 2.45) is 4.99 Å². The van der Waals surface area contributed by atoms with Crippen molar-refractivity contribution < 1.29 is 5.11 Å². The molecule has 3 N–H and O–H groups in total. The van der Waals surface area contributed by atoms with Gasteiger partial charge in [-0.3, -0.25) is 0 Å². The highest BCUT2D eigenvalue weighted by Gasteiger charge is 2.17. The number of imidazole rings is 1. The van der Waals surface area contributed by atoms with E-state index in [1.54, 1.807) is 6.07 Å². The predicted molar refractivity (Wildman–Crippen MR) is 124 cm³/mol. The van der Waals surface area contributed by atoms with Crippen molar-refractivity contribution in [3.63, 3.8) is 0 Å². The molecule has 0 aliphatic rings. The number of hydrogen-bond acceptors (Lipinski definition) is 6. The average Bonchev–Trinajstić information content (AvgIpc) is 3.11. The minimum Gasteiger partial charge on any atom is -0.508 e. The Labute approximate surface area is 180 Å². The number of phenols is 1. The van der Waals surface area contributed by atoms with Gasteiger partial charge >= 0.3 is 0 Å². The van der Waals surface area contributed by atoms with Crippen LogP contribution < -0.4 is 5.73 Å². The lowest BCUT2D eigenvalue weighted by molar-refractivity contribution is 0.468. The van der Waals surface area contributed by atoms with Gasteiger partial charge < -0.3 is 15.4 Å². The number of thiocarbonyl (C=S) groups is 1. The van der Waals surface area contributed by atoms with E-state index in [9.17, 15) is 5.11 Å². The summed E-state index contributed by atoms with van der Waals surface area (Å²) in [5, 5.41) is 13.5. The first-order chi connectivity index (χ1) is 14.6. The zero-order valence-corrected chi connectivity index (χ0v) is 17.6. The Balaban J connectivity index is 1.89. The van der Waals surface area contributed by atoms with Gasteiger partial charge in [0.05, 0.1) is 22.7 Å². The van der Waals surface area contributed by atoms with Crippen LogP contribution >= 0.6 is 12.2 Å². The van der Waals surface area contributed by atoms with Crippen LogP contribution in [0.15, 0.2) is 47.5 Å². The molecule has 0 amide bonds. The number of hydrogen-bond donors (Lipinski definition) is 2. The van der Waals surface area contributed by atoms with E-state index in [-0.39, 0.29) is 5.75 Å². The molecule has 2 heterocycles. The predicted octanol–water partition coefficient (Wildman–Crippen LogP) is 4.87. The number of aryl methyl sites for hydroxylation is 1. The smallest absolute Gasteiger partial charge is 0.152 e. The number of aromatic hydroxyl groups is 1. The number of nitrogen functional groups attached to an aromatic ring is 1. The summed E-state index contributed by atoms with van der Waals surface area (Å²) in [4.78, 5) is 13.4. The normalized spacial score (nSPS) is 11.1. The molecule has 0 radical (unpaired) electrons. The highest BCUT2D eigenvalue weighted by molar-refractivity contribution is 7.78. The largest absolute Gasteiger partial charge is 0.508 e. The second kappa shape index (κ2) is 8.61. The molecule has 4 aromatic rings. The van der Waals surface area contributed by atoms with Crippen molar-refractivity contribution in [1.29, 1.82) is 0 Å². The number of nitrogens with zero attached hydrogens (tertiary/aromatic N) is 4. The number of anilines is 1. The first kappa shape index (κ1) is 20.0. The SMILES string of the molecule is CCCCc1nc2c(N)nc3ccccc3c2n1Cc1ccc(O)c(CN=C=S)c1. The van der Waals surface area contributed by atoms with Crippen molar-refractivity contribution in [3.05, 3.63) is 59.4 Å². The minimum atomic E-state index is 0.202. The van der Waals surface area contributed by atoms with Crippen molar-refractivity contribution in [3.8, 4) is 5.75 Å². The van der Waals surface area contributed by atoms with Crippen molar-refractivity contribution >= 4 is 45.1 Å². The number of phenolic OH excluding ortho intramolecular Hbond substituents is 1. The molecule has 0 saturated carbocycles. The molecule has 0 spiro atoms. The summed E-state index contributed by atoms with van der Waals surface area (Å²) >= 11 is 4.66. The first-order valence-electron chi connectivity index (χ1n) is 10.00. The van der Waals surface area contributed by atoms with E-state index in [0.717, 1.165) is 58.2 Å². The Kier molecular flexibility index (Phi) is 5.74. The third-order valence-electron chi connectivity index (χ3n) is 5.24. The van der Waals surface area contributed by atoms with Crippen molar-refractivity contribution in [2.45, 2.75) is 39.3 Å². The van der Waals surface area contributed by atoms with E-state index >= 15 is 0 Å². The van der Waals surface area contributed by atoms with E-state index in [0.29, 0.717) is 18.9 Å². The monoisotopic (exact) mass is 417 g/mol. The van der Waals surface area contributed by atoms with Gasteiger partial charge in [0.1, 0.15) is 17.1 Å². The third kappa shape index (κ3) is 3.77. The average molecular weight is 418 g/mol. The van der Waals surface area contributed by atoms with Gasteiger partial charge in [0.2, 0.25) is 0 Å². The van der Waals surface area contributed by atoms with E-state index in [1.807, 2.05) is 30.3 Å². The maximum absolute atomic E-state index is 10.1. The van der Waals surface area contributed by atoms with Crippen LogP contribution in [0.4, 0.5) is 5.82 Å². The van der Waals surface area contributed by atoms with Crippen LogP contribution in [0.5, 0.6) is 5.75 Å². The zero-order valence-electron chi connectivity index (χ0n) is 16.8. The summed E-state index contributed by atoms with van der Waals surface area (Å²) in [6, 6.07) is 13.6. The van der Waals surface area contributed by atoms with Gasteiger partial charge in [-0.25, -0.2) is 15.0 Å². The number of aliphatic imine (C=N–C) groups is 1. The van der Waals surface area contributed by atoms with Gasteiger partial charge in [-0.1, -0.05) is 37.6 Å². The molecule has 7 heteroatoms. The molecule has 0 fully saturated rings. The van der Waals surface area contributed by atoms with Crippen LogP contribution in [0.3, 0.4) is 0 Å². The highest BCUT2D eigenvalue weighted by atomic mass is 32.1. The molecular formula is C23H23N5OS. The molecule has 0 unspecified atom stereocenters. The summed E-state index contributed by atoms with van der Waals surface area (Å²) in [6.45, 7) is 3.08. The fourth-order valence-electron chi connectivity index (χ4n) is 3.76. The van der Waals surface area contributed by atoms with Gasteiger partial charge in [-0.15, -0.1) is 0 Å². The fourth-order valence-corrected chi connectivity index (χ4v) is 3.83. The van der Waals surface area contributed by atoms with E-state index in [1.165, 1.54) is 0 Å². The van der Waals surface area contributed by atoms with Crippen molar-refractivity contribution in [2.75, 3.05) is 5.73 Å². The van der Waals surface area contributed by atoms with E-state index in [4.69, 9.17) is 10.7 Å². The number of rotatable bonds is 7. The number of fused-ring (bicyclic) bond motifs is 3. The molecule has 0 aliphatic heterocycles. The third-order valence-corrected chi connectivity index (χ3v) is 5.37. The number of isothiocyanates is 1. The molecule has 152 valence electrons. The van der Waals surface area contributed by atoms with E-state index in [2.05, 4.69) is 44.9 Å². The molecule has 4 rings (SSSR count). The van der Waals surface area contributed by atoms with Gasteiger partial charge in [-0.05, 0) is 42.4 Å².